The topological polar surface area (TPSA) is 79.0 Å². The number of hydrogen-bond acceptors (Lipinski definition) is 5. The second-order valence-electron chi connectivity index (χ2n) is 9.05. The van der Waals surface area contributed by atoms with Crippen molar-refractivity contribution in [3.05, 3.63) is 63.1 Å². The van der Waals surface area contributed by atoms with E-state index >= 15 is 0 Å². The molecule has 0 aromatic heterocycles. The van der Waals surface area contributed by atoms with Crippen molar-refractivity contribution in [1.29, 1.82) is 0 Å². The van der Waals surface area contributed by atoms with Gasteiger partial charge in [-0.25, -0.2) is 0 Å². The molecule has 8 heteroatoms. The number of carbonyl (C=O) groups excluding carboxylic acids is 1. The quantitative estimate of drug-likeness (QED) is 0.557. The Morgan fingerprint density at radius 1 is 1.12 bits per heavy atom. The number of carbonyl (C=O) groups is 1. The second-order valence-corrected chi connectivity index (χ2v) is 9.86. The maximum atomic E-state index is 11.3. The zero-order valence-corrected chi connectivity index (χ0v) is 20.9. The van der Waals surface area contributed by atoms with Gasteiger partial charge in [0.15, 0.2) is 0 Å². The van der Waals surface area contributed by atoms with Gasteiger partial charge in [0.25, 0.3) is 0 Å². The number of nitrogens with zero attached hydrogens (tertiary/aromatic N) is 2. The predicted molar refractivity (Wildman–Crippen MR) is 133 cm³/mol. The van der Waals surface area contributed by atoms with Gasteiger partial charge in [-0.15, -0.1) is 0 Å². The Bertz CT molecular complexity index is 972. The average molecular weight is 494 g/mol. The van der Waals surface area contributed by atoms with Gasteiger partial charge in [-0.1, -0.05) is 41.4 Å². The number of hydrogen-bond donors (Lipinski definition) is 2. The van der Waals surface area contributed by atoms with Gasteiger partial charge in [-0.3, -0.25) is 14.6 Å². The summed E-state index contributed by atoms with van der Waals surface area (Å²) in [6.45, 7) is 9.53. The maximum absolute atomic E-state index is 11.3. The summed E-state index contributed by atoms with van der Waals surface area (Å²) in [4.78, 5) is 16.1. The van der Waals surface area contributed by atoms with Gasteiger partial charge in [0, 0.05) is 43.8 Å². The van der Waals surface area contributed by atoms with Gasteiger partial charge in [0.2, 0.25) is 5.91 Å². The number of aryl methyl sites for hydroxylation is 1. The van der Waals surface area contributed by atoms with Gasteiger partial charge < -0.3 is 15.6 Å². The summed E-state index contributed by atoms with van der Waals surface area (Å²) in [7, 11) is 0. The molecule has 1 saturated heterocycles. The molecule has 0 spiro atoms. The van der Waals surface area contributed by atoms with Crippen LogP contribution in [0.3, 0.4) is 0 Å². The maximum Gasteiger partial charge on any atom is 0.221 e. The molecule has 3 rings (SSSR count). The van der Waals surface area contributed by atoms with E-state index in [9.17, 15) is 9.90 Å². The van der Waals surface area contributed by atoms with E-state index in [0.29, 0.717) is 28.4 Å². The Morgan fingerprint density at radius 3 is 2.52 bits per heavy atom. The van der Waals surface area contributed by atoms with Crippen LogP contribution in [0.4, 0.5) is 0 Å². The van der Waals surface area contributed by atoms with Crippen molar-refractivity contribution in [2.75, 3.05) is 26.2 Å². The molecule has 2 aromatic rings. The molecule has 1 aliphatic heterocycles. The van der Waals surface area contributed by atoms with Crippen molar-refractivity contribution in [2.24, 2.45) is 5.73 Å². The van der Waals surface area contributed by atoms with Gasteiger partial charge >= 0.3 is 0 Å². The molecule has 0 bridgehead atoms. The summed E-state index contributed by atoms with van der Waals surface area (Å²) in [6.07, 6.45) is -0.538. The smallest absolute Gasteiger partial charge is 0.221 e. The molecule has 1 fully saturated rings. The number of piperazine rings is 1. The minimum absolute atomic E-state index is 0.112. The molecule has 1 aliphatic rings. The Hall–Kier alpha value is -1.83. The number of primary amides is 1. The highest BCUT2D eigenvalue weighted by Crippen LogP contribution is 2.25. The lowest BCUT2D eigenvalue weighted by Crippen LogP contribution is -2.57. The Balaban J connectivity index is 1.54. The lowest BCUT2D eigenvalue weighted by Gasteiger charge is -2.44. The van der Waals surface area contributed by atoms with Crippen LogP contribution in [0.25, 0.3) is 0 Å². The van der Waals surface area contributed by atoms with Crippen molar-refractivity contribution in [3.63, 3.8) is 0 Å². The highest BCUT2D eigenvalue weighted by Gasteiger charge is 2.30. The fourth-order valence-corrected chi connectivity index (χ4v) is 4.58. The molecule has 1 amide bonds. The highest BCUT2D eigenvalue weighted by molar-refractivity contribution is 6.42. The normalized spacial score (nSPS) is 20.5. The van der Waals surface area contributed by atoms with Crippen LogP contribution in [-0.2, 0) is 17.8 Å². The zero-order chi connectivity index (χ0) is 24.1. The molecule has 180 valence electrons. The third-order valence-electron chi connectivity index (χ3n) is 6.08. The van der Waals surface area contributed by atoms with Crippen LogP contribution in [0.1, 0.15) is 30.5 Å². The summed E-state index contributed by atoms with van der Waals surface area (Å²) < 4.78 is 5.89. The van der Waals surface area contributed by atoms with Crippen molar-refractivity contribution < 1.29 is 14.6 Å². The molecule has 33 heavy (non-hydrogen) atoms. The number of rotatable bonds is 9. The lowest BCUT2D eigenvalue weighted by molar-refractivity contribution is -0.117. The molecule has 6 nitrogen and oxygen atoms in total. The van der Waals surface area contributed by atoms with E-state index in [1.165, 1.54) is 0 Å². The van der Waals surface area contributed by atoms with Crippen LogP contribution < -0.4 is 10.5 Å². The number of ether oxygens (including phenoxy) is 1. The monoisotopic (exact) mass is 493 g/mol. The van der Waals surface area contributed by atoms with Crippen molar-refractivity contribution >= 4 is 29.1 Å². The first kappa shape index (κ1) is 25.8. The number of amides is 1. The van der Waals surface area contributed by atoms with Crippen LogP contribution in [0.2, 0.25) is 10.0 Å². The molecule has 3 unspecified atom stereocenters. The number of β-amino-alcohol motifs (C(OH)–C–C–N with tert-alkyl or cyclic N) is 1. The van der Waals surface area contributed by atoms with E-state index in [4.69, 9.17) is 33.7 Å². The molecular weight excluding hydrogens is 461 g/mol. The summed E-state index contributed by atoms with van der Waals surface area (Å²) in [5.74, 6) is 0.187. The minimum atomic E-state index is -0.650. The van der Waals surface area contributed by atoms with Gasteiger partial charge in [-0.2, -0.15) is 0 Å². The van der Waals surface area contributed by atoms with Crippen LogP contribution >= 0.6 is 23.2 Å². The third-order valence-corrected chi connectivity index (χ3v) is 6.82. The Morgan fingerprint density at radius 2 is 1.82 bits per heavy atom. The van der Waals surface area contributed by atoms with Gasteiger partial charge in [0.05, 0.1) is 16.5 Å². The summed E-state index contributed by atoms with van der Waals surface area (Å²) in [6, 6.07) is 12.0. The van der Waals surface area contributed by atoms with Crippen molar-refractivity contribution in [3.8, 4) is 5.75 Å². The Labute approximate surface area is 206 Å². The van der Waals surface area contributed by atoms with E-state index in [2.05, 4.69) is 23.6 Å². The van der Waals surface area contributed by atoms with Crippen LogP contribution in [-0.4, -0.2) is 65.2 Å². The fourth-order valence-electron chi connectivity index (χ4n) is 4.26. The molecule has 0 radical (unpaired) electrons. The predicted octanol–water partition coefficient (Wildman–Crippen LogP) is 3.66. The van der Waals surface area contributed by atoms with E-state index in [1.54, 1.807) is 0 Å². The summed E-state index contributed by atoms with van der Waals surface area (Å²) in [5.41, 5.74) is 8.24. The molecule has 3 N–H and O–H groups in total. The fraction of sp³-hybridized carbons (Fsp3) is 0.480. The molecule has 0 saturated carbocycles. The highest BCUT2D eigenvalue weighted by atomic mass is 35.5. The van der Waals surface area contributed by atoms with Crippen LogP contribution in [0.5, 0.6) is 5.75 Å². The number of nitrogens with two attached hydrogens (primary N) is 1. The second kappa shape index (κ2) is 11.5. The molecule has 0 aliphatic carbocycles. The number of aliphatic hydroxyl groups excluding tert-OH is 1. The number of aliphatic hydroxyl groups is 1. The lowest BCUT2D eigenvalue weighted by atomic mass is 10.1. The molecular formula is C25H33Cl2N3O3. The van der Waals surface area contributed by atoms with Crippen molar-refractivity contribution in [2.45, 2.75) is 51.9 Å². The number of benzene rings is 2. The molecule has 1 heterocycles. The standard InChI is InChI=1S/C25H33Cl2N3O3/c1-16-4-6-20(10-25(28)32)24(8-16)33-15-21(31)14-30-12-17(2)29(11-18(30)3)13-19-5-7-22(26)23(27)9-19/h4-9,17-18,21,31H,10-15H2,1-3H3,(H2,28,32). The number of halogens is 2. The first-order valence-corrected chi connectivity index (χ1v) is 12.0. The van der Waals surface area contributed by atoms with E-state index in [0.717, 1.165) is 36.3 Å². The first-order valence-electron chi connectivity index (χ1n) is 11.2. The van der Waals surface area contributed by atoms with E-state index in [-0.39, 0.29) is 19.1 Å². The SMILES string of the molecule is Cc1ccc(CC(N)=O)c(OCC(O)CN2CC(C)N(Cc3ccc(Cl)c(Cl)c3)CC2C)c1. The molecule has 2 aromatic carbocycles. The van der Waals surface area contributed by atoms with Gasteiger partial charge in [-0.05, 0) is 50.1 Å². The van der Waals surface area contributed by atoms with Crippen LogP contribution in [0.15, 0.2) is 36.4 Å². The first-order chi connectivity index (χ1) is 15.6. The van der Waals surface area contributed by atoms with Crippen molar-refractivity contribution in [1.82, 2.24) is 9.80 Å². The van der Waals surface area contributed by atoms with Crippen LogP contribution in [0, 0.1) is 6.92 Å². The average Bonchev–Trinajstić information content (AvgIpc) is 2.74. The minimum Gasteiger partial charge on any atom is -0.491 e. The van der Waals surface area contributed by atoms with Gasteiger partial charge in [0.1, 0.15) is 18.5 Å². The van der Waals surface area contributed by atoms with E-state index < -0.39 is 12.0 Å². The largest absolute Gasteiger partial charge is 0.491 e. The van der Waals surface area contributed by atoms with E-state index in [1.807, 2.05) is 43.3 Å². The summed E-state index contributed by atoms with van der Waals surface area (Å²) >= 11 is 12.2. The third kappa shape index (κ3) is 7.33. The Kier molecular flexibility index (Phi) is 9.02. The zero-order valence-electron chi connectivity index (χ0n) is 19.4. The summed E-state index contributed by atoms with van der Waals surface area (Å²) in [5, 5.41) is 11.8. The molecule has 3 atom stereocenters.